The van der Waals surface area contributed by atoms with Crippen LogP contribution in [0.5, 0.6) is 0 Å². The van der Waals surface area contributed by atoms with Gasteiger partial charge in [-0.15, -0.1) is 0 Å². The molecule has 0 aromatic rings. The maximum Gasteiger partial charge on any atom is 0.508 e. The highest BCUT2D eigenvalue weighted by Crippen LogP contribution is 2.13. The third-order valence-corrected chi connectivity index (χ3v) is 3.89. The molecule has 0 amide bonds. The lowest BCUT2D eigenvalue weighted by molar-refractivity contribution is 0.0323. The fourth-order valence-electron chi connectivity index (χ4n) is 2.37. The molecule has 0 atom stereocenters. The summed E-state index contributed by atoms with van der Waals surface area (Å²) in [6.45, 7) is 9.10. The van der Waals surface area contributed by atoms with Gasteiger partial charge in [-0.25, -0.2) is 4.79 Å². The quantitative estimate of drug-likeness (QED) is 0.166. The van der Waals surface area contributed by atoms with Crippen LogP contribution < -0.4 is 0 Å². The van der Waals surface area contributed by atoms with Crippen molar-refractivity contribution in [2.24, 2.45) is 5.41 Å². The van der Waals surface area contributed by atoms with Gasteiger partial charge >= 0.3 is 6.16 Å². The second kappa shape index (κ2) is 17.9. The highest BCUT2D eigenvalue weighted by molar-refractivity contribution is 5.59. The SMILES string of the molecule is CC/C=C\C/C=C\C/C=C\CCCCCCCCOC(=O)OCC(C)(C)C. The lowest BCUT2D eigenvalue weighted by atomic mass is 9.99. The Labute approximate surface area is 167 Å². The first kappa shape index (κ1) is 25.5. The molecule has 0 bridgehead atoms. The molecule has 0 spiro atoms. The first-order chi connectivity index (χ1) is 13.0. The van der Waals surface area contributed by atoms with Crippen molar-refractivity contribution in [3.8, 4) is 0 Å². The zero-order valence-corrected chi connectivity index (χ0v) is 18.2. The van der Waals surface area contributed by atoms with Crippen molar-refractivity contribution in [1.82, 2.24) is 0 Å². The van der Waals surface area contributed by atoms with Crippen molar-refractivity contribution >= 4 is 6.16 Å². The van der Waals surface area contributed by atoms with E-state index in [1.807, 2.05) is 20.8 Å². The van der Waals surface area contributed by atoms with Gasteiger partial charge in [-0.2, -0.15) is 0 Å². The largest absolute Gasteiger partial charge is 0.508 e. The van der Waals surface area contributed by atoms with Crippen LogP contribution in [0.1, 0.15) is 91.9 Å². The maximum absolute atomic E-state index is 11.4. The average Bonchev–Trinajstić information content (AvgIpc) is 2.62. The predicted octanol–water partition coefficient (Wildman–Crippen LogP) is 7.78. The van der Waals surface area contributed by atoms with E-state index >= 15 is 0 Å². The number of allylic oxidation sites excluding steroid dienone is 6. The first-order valence-corrected chi connectivity index (χ1v) is 10.7. The van der Waals surface area contributed by atoms with Crippen molar-refractivity contribution in [3.05, 3.63) is 36.5 Å². The molecule has 0 fully saturated rings. The molecule has 0 unspecified atom stereocenters. The van der Waals surface area contributed by atoms with Crippen LogP contribution >= 0.6 is 0 Å². The molecule has 0 saturated heterocycles. The molecule has 0 aromatic heterocycles. The highest BCUT2D eigenvalue weighted by atomic mass is 16.7. The topological polar surface area (TPSA) is 35.5 Å². The number of ether oxygens (including phenoxy) is 2. The number of unbranched alkanes of at least 4 members (excludes halogenated alkanes) is 6. The van der Waals surface area contributed by atoms with Crippen LogP contribution in [0.2, 0.25) is 0 Å². The average molecular weight is 379 g/mol. The predicted molar refractivity (Wildman–Crippen MR) is 116 cm³/mol. The Balaban J connectivity index is 3.32. The normalized spacial score (nSPS) is 12.4. The third-order valence-electron chi connectivity index (χ3n) is 3.89. The van der Waals surface area contributed by atoms with E-state index in [2.05, 4.69) is 43.4 Å². The lowest BCUT2D eigenvalue weighted by Gasteiger charge is -2.17. The zero-order valence-electron chi connectivity index (χ0n) is 18.2. The van der Waals surface area contributed by atoms with Crippen LogP contribution in [0.25, 0.3) is 0 Å². The van der Waals surface area contributed by atoms with Gasteiger partial charge in [-0.3, -0.25) is 0 Å². The molecule has 0 rings (SSSR count). The Morgan fingerprint density at radius 2 is 1.30 bits per heavy atom. The van der Waals surface area contributed by atoms with Crippen molar-refractivity contribution in [2.45, 2.75) is 91.9 Å². The summed E-state index contributed by atoms with van der Waals surface area (Å²) >= 11 is 0. The van der Waals surface area contributed by atoms with Crippen molar-refractivity contribution in [3.63, 3.8) is 0 Å². The summed E-state index contributed by atoms with van der Waals surface area (Å²) in [5, 5.41) is 0. The zero-order chi connectivity index (χ0) is 20.2. The molecule has 0 saturated carbocycles. The Bertz CT molecular complexity index is 427. The molecule has 0 aliphatic heterocycles. The van der Waals surface area contributed by atoms with Gasteiger partial charge in [0.15, 0.2) is 0 Å². The first-order valence-electron chi connectivity index (χ1n) is 10.7. The van der Waals surface area contributed by atoms with Crippen LogP contribution in [0, 0.1) is 5.41 Å². The minimum Gasteiger partial charge on any atom is -0.434 e. The van der Waals surface area contributed by atoms with E-state index in [9.17, 15) is 4.79 Å². The molecule has 0 heterocycles. The molecular formula is C24H42O3. The van der Waals surface area contributed by atoms with Gasteiger partial charge in [0.05, 0.1) is 13.2 Å². The smallest absolute Gasteiger partial charge is 0.434 e. The number of rotatable bonds is 15. The van der Waals surface area contributed by atoms with Crippen molar-refractivity contribution < 1.29 is 14.3 Å². The minimum atomic E-state index is -0.538. The summed E-state index contributed by atoms with van der Waals surface area (Å²) < 4.78 is 10.1. The second-order valence-corrected chi connectivity index (χ2v) is 8.15. The van der Waals surface area contributed by atoms with Gasteiger partial charge < -0.3 is 9.47 Å². The van der Waals surface area contributed by atoms with E-state index in [0.29, 0.717) is 13.2 Å². The van der Waals surface area contributed by atoms with Crippen LogP contribution in [0.15, 0.2) is 36.5 Å². The van der Waals surface area contributed by atoms with Crippen LogP contribution in [0.3, 0.4) is 0 Å². The van der Waals surface area contributed by atoms with Gasteiger partial charge in [-0.1, -0.05) is 89.8 Å². The van der Waals surface area contributed by atoms with E-state index in [-0.39, 0.29) is 5.41 Å². The molecule has 3 nitrogen and oxygen atoms in total. The minimum absolute atomic E-state index is 0.0171. The lowest BCUT2D eigenvalue weighted by Crippen LogP contribution is -2.19. The molecule has 27 heavy (non-hydrogen) atoms. The summed E-state index contributed by atoms with van der Waals surface area (Å²) in [6.07, 6.45) is 24.3. The number of hydrogen-bond donors (Lipinski definition) is 0. The molecule has 0 aliphatic rings. The molecule has 156 valence electrons. The van der Waals surface area contributed by atoms with Crippen LogP contribution in [0.4, 0.5) is 4.79 Å². The van der Waals surface area contributed by atoms with Gasteiger partial charge in [0.2, 0.25) is 0 Å². The summed E-state index contributed by atoms with van der Waals surface area (Å²) in [7, 11) is 0. The summed E-state index contributed by atoms with van der Waals surface area (Å²) in [6, 6.07) is 0. The Kier molecular flexibility index (Phi) is 16.9. The van der Waals surface area contributed by atoms with Gasteiger partial charge in [0.25, 0.3) is 0 Å². The van der Waals surface area contributed by atoms with Gasteiger partial charge in [0.1, 0.15) is 0 Å². The maximum atomic E-state index is 11.4. The highest BCUT2D eigenvalue weighted by Gasteiger charge is 2.14. The fraction of sp³-hybridized carbons (Fsp3) is 0.708. The number of carbonyl (C=O) groups is 1. The summed E-state index contributed by atoms with van der Waals surface area (Å²) in [4.78, 5) is 11.4. The van der Waals surface area contributed by atoms with Crippen LogP contribution in [-0.4, -0.2) is 19.4 Å². The van der Waals surface area contributed by atoms with Crippen molar-refractivity contribution in [1.29, 1.82) is 0 Å². The van der Waals surface area contributed by atoms with E-state index in [0.717, 1.165) is 32.1 Å². The molecule has 0 radical (unpaired) electrons. The molecule has 0 N–H and O–H groups in total. The fourth-order valence-corrected chi connectivity index (χ4v) is 2.37. The van der Waals surface area contributed by atoms with Crippen LogP contribution in [-0.2, 0) is 9.47 Å². The molecule has 0 aromatic carbocycles. The summed E-state index contributed by atoms with van der Waals surface area (Å²) in [5.74, 6) is 0. The van der Waals surface area contributed by atoms with E-state index < -0.39 is 6.16 Å². The van der Waals surface area contributed by atoms with E-state index in [4.69, 9.17) is 9.47 Å². The molecule has 0 aliphatic carbocycles. The third kappa shape index (κ3) is 22.4. The molecular weight excluding hydrogens is 336 g/mol. The van der Waals surface area contributed by atoms with E-state index in [1.165, 1.54) is 32.1 Å². The Hall–Kier alpha value is -1.51. The van der Waals surface area contributed by atoms with Crippen molar-refractivity contribution in [2.75, 3.05) is 13.2 Å². The standard InChI is InChI=1S/C24H42O3/c1-5-6-7-8-9-10-11-12-13-14-15-16-17-18-19-20-21-26-23(25)27-22-24(2,3)4/h6-7,9-10,12-13H,5,8,11,14-22H2,1-4H3/b7-6-,10-9-,13-12-. The van der Waals surface area contributed by atoms with Gasteiger partial charge in [-0.05, 0) is 43.9 Å². The summed E-state index contributed by atoms with van der Waals surface area (Å²) in [5.41, 5.74) is -0.0171. The number of carbonyl (C=O) groups excluding carboxylic acids is 1. The van der Waals surface area contributed by atoms with Gasteiger partial charge in [0, 0.05) is 0 Å². The Morgan fingerprint density at radius 3 is 1.93 bits per heavy atom. The molecule has 3 heteroatoms. The van der Waals surface area contributed by atoms with E-state index in [1.54, 1.807) is 0 Å². The monoisotopic (exact) mass is 378 g/mol. The number of hydrogen-bond acceptors (Lipinski definition) is 3. The Morgan fingerprint density at radius 1 is 0.741 bits per heavy atom. The second-order valence-electron chi connectivity index (χ2n) is 8.15.